The van der Waals surface area contributed by atoms with E-state index in [1.54, 1.807) is 7.11 Å². The van der Waals surface area contributed by atoms with E-state index in [9.17, 15) is 0 Å². The third-order valence-electron chi connectivity index (χ3n) is 4.03. The molecule has 1 aromatic carbocycles. The topological polar surface area (TPSA) is 38.5 Å². The summed E-state index contributed by atoms with van der Waals surface area (Å²) < 4.78 is 5.47. The van der Waals surface area contributed by atoms with Crippen LogP contribution in [0.4, 0.5) is 0 Å². The number of methoxy groups -OCH3 is 1. The summed E-state index contributed by atoms with van der Waals surface area (Å²) in [5.41, 5.74) is 7.17. The first-order chi connectivity index (χ1) is 8.77. The minimum absolute atomic E-state index is 0.370. The zero-order chi connectivity index (χ0) is 13.0. The summed E-state index contributed by atoms with van der Waals surface area (Å²) in [7, 11) is 1.74. The van der Waals surface area contributed by atoms with E-state index < -0.39 is 0 Å². The van der Waals surface area contributed by atoms with Crippen LogP contribution in [0.25, 0.3) is 0 Å². The van der Waals surface area contributed by atoms with E-state index >= 15 is 0 Å². The lowest BCUT2D eigenvalue weighted by atomic mass is 9.97. The van der Waals surface area contributed by atoms with Crippen molar-refractivity contribution in [2.24, 2.45) is 5.73 Å². The lowest BCUT2D eigenvalue weighted by Crippen LogP contribution is -2.45. The number of hydrogen-bond acceptors (Lipinski definition) is 3. The van der Waals surface area contributed by atoms with Gasteiger partial charge in [0.05, 0.1) is 7.11 Å². The predicted molar refractivity (Wildman–Crippen MR) is 74.8 cm³/mol. The highest BCUT2D eigenvalue weighted by Crippen LogP contribution is 2.32. The smallest absolute Gasteiger partial charge is 0.123 e. The van der Waals surface area contributed by atoms with E-state index in [1.807, 2.05) is 12.1 Å². The highest BCUT2D eigenvalue weighted by molar-refractivity contribution is 5.35. The Hall–Kier alpha value is -1.06. The van der Waals surface area contributed by atoms with Crippen LogP contribution in [0.1, 0.15) is 37.8 Å². The molecule has 0 aromatic heterocycles. The highest BCUT2D eigenvalue weighted by atomic mass is 16.5. The normalized spacial score (nSPS) is 22.7. The summed E-state index contributed by atoms with van der Waals surface area (Å²) >= 11 is 0. The fourth-order valence-corrected chi connectivity index (χ4v) is 2.98. The minimum atomic E-state index is 0.370. The maximum Gasteiger partial charge on any atom is 0.123 e. The molecule has 2 unspecified atom stereocenters. The molecule has 1 heterocycles. The molecule has 0 spiro atoms. The van der Waals surface area contributed by atoms with Crippen molar-refractivity contribution in [3.63, 3.8) is 0 Å². The lowest BCUT2D eigenvalue weighted by Gasteiger charge is -2.39. The van der Waals surface area contributed by atoms with E-state index in [1.165, 1.54) is 24.8 Å². The van der Waals surface area contributed by atoms with Crippen molar-refractivity contribution in [1.82, 2.24) is 4.90 Å². The van der Waals surface area contributed by atoms with Gasteiger partial charge in [0.2, 0.25) is 0 Å². The van der Waals surface area contributed by atoms with Gasteiger partial charge in [-0.3, -0.25) is 4.90 Å². The lowest BCUT2D eigenvalue weighted by molar-refractivity contribution is 0.106. The van der Waals surface area contributed by atoms with Crippen molar-refractivity contribution >= 4 is 0 Å². The summed E-state index contributed by atoms with van der Waals surface area (Å²) in [4.78, 5) is 2.53. The average molecular weight is 248 g/mol. The second-order valence-electron chi connectivity index (χ2n) is 5.04. The van der Waals surface area contributed by atoms with Crippen molar-refractivity contribution in [3.05, 3.63) is 29.8 Å². The summed E-state index contributed by atoms with van der Waals surface area (Å²) in [6.07, 6.45) is 3.79. The van der Waals surface area contributed by atoms with E-state index in [0.717, 1.165) is 18.8 Å². The molecule has 0 bridgehead atoms. The van der Waals surface area contributed by atoms with Crippen LogP contribution in [0.3, 0.4) is 0 Å². The maximum atomic E-state index is 5.91. The molecular formula is C15H24N2O. The van der Waals surface area contributed by atoms with Gasteiger partial charge in [-0.05, 0) is 32.4 Å². The first kappa shape index (κ1) is 13.4. The third-order valence-corrected chi connectivity index (χ3v) is 4.03. The van der Waals surface area contributed by atoms with Crippen LogP contribution in [0.15, 0.2) is 24.3 Å². The molecule has 2 N–H and O–H groups in total. The van der Waals surface area contributed by atoms with Crippen molar-refractivity contribution < 1.29 is 4.74 Å². The Morgan fingerprint density at radius 3 is 2.89 bits per heavy atom. The number of nitrogens with zero attached hydrogens (tertiary/aromatic N) is 1. The number of likely N-dealkylation sites (tertiary alicyclic amines) is 1. The Kier molecular flexibility index (Phi) is 4.61. The van der Waals surface area contributed by atoms with Crippen molar-refractivity contribution in [1.29, 1.82) is 0 Å². The predicted octanol–water partition coefficient (Wildman–Crippen LogP) is 2.57. The molecule has 18 heavy (non-hydrogen) atoms. The monoisotopic (exact) mass is 248 g/mol. The zero-order valence-corrected chi connectivity index (χ0v) is 11.4. The number of nitrogens with two attached hydrogens (primary N) is 1. The SMILES string of the molecule is COc1ccccc1C(C)N1CCCCC1CN. The number of rotatable bonds is 4. The minimum Gasteiger partial charge on any atom is -0.496 e. The largest absolute Gasteiger partial charge is 0.496 e. The molecule has 3 heteroatoms. The highest BCUT2D eigenvalue weighted by Gasteiger charge is 2.27. The molecule has 1 saturated heterocycles. The van der Waals surface area contributed by atoms with Gasteiger partial charge in [0, 0.05) is 24.2 Å². The summed E-state index contributed by atoms with van der Waals surface area (Å²) in [6, 6.07) is 9.18. The van der Waals surface area contributed by atoms with Crippen LogP contribution in [0.2, 0.25) is 0 Å². The first-order valence-corrected chi connectivity index (χ1v) is 6.86. The molecule has 1 fully saturated rings. The molecule has 1 aromatic rings. The van der Waals surface area contributed by atoms with Gasteiger partial charge >= 0.3 is 0 Å². The molecule has 100 valence electrons. The molecule has 2 atom stereocenters. The van der Waals surface area contributed by atoms with Crippen LogP contribution in [0.5, 0.6) is 5.75 Å². The number of piperidine rings is 1. The van der Waals surface area contributed by atoms with Gasteiger partial charge in [0.1, 0.15) is 5.75 Å². The van der Waals surface area contributed by atoms with Gasteiger partial charge in [-0.15, -0.1) is 0 Å². The van der Waals surface area contributed by atoms with Gasteiger partial charge in [-0.2, -0.15) is 0 Å². The van der Waals surface area contributed by atoms with Crippen molar-refractivity contribution in [2.75, 3.05) is 20.2 Å². The second kappa shape index (κ2) is 6.21. The van der Waals surface area contributed by atoms with E-state index in [-0.39, 0.29) is 0 Å². The fourth-order valence-electron chi connectivity index (χ4n) is 2.98. The quantitative estimate of drug-likeness (QED) is 0.890. The van der Waals surface area contributed by atoms with Gasteiger partial charge in [0.15, 0.2) is 0 Å². The zero-order valence-electron chi connectivity index (χ0n) is 11.4. The Labute approximate surface area is 110 Å². The second-order valence-corrected chi connectivity index (χ2v) is 5.04. The molecule has 1 aliphatic rings. The van der Waals surface area contributed by atoms with Crippen molar-refractivity contribution in [3.8, 4) is 5.75 Å². The Morgan fingerprint density at radius 1 is 1.39 bits per heavy atom. The molecule has 0 aliphatic carbocycles. The van der Waals surface area contributed by atoms with Gasteiger partial charge in [0.25, 0.3) is 0 Å². The van der Waals surface area contributed by atoms with Crippen LogP contribution in [-0.2, 0) is 0 Å². The standard InChI is InChI=1S/C15H24N2O/c1-12(14-8-3-4-9-15(14)18-2)17-10-6-5-7-13(17)11-16/h3-4,8-9,12-13H,5-7,10-11,16H2,1-2H3. The molecule has 2 rings (SSSR count). The van der Waals surface area contributed by atoms with Crippen molar-refractivity contribution in [2.45, 2.75) is 38.3 Å². The Bertz CT molecular complexity index is 381. The maximum absolute atomic E-state index is 5.91. The Morgan fingerprint density at radius 2 is 2.17 bits per heavy atom. The van der Waals surface area contributed by atoms with Crippen LogP contribution in [0, 0.1) is 0 Å². The van der Waals surface area contributed by atoms with Crippen LogP contribution in [-0.4, -0.2) is 31.1 Å². The molecule has 0 amide bonds. The molecule has 0 radical (unpaired) electrons. The van der Waals surface area contributed by atoms with Gasteiger partial charge < -0.3 is 10.5 Å². The fraction of sp³-hybridized carbons (Fsp3) is 0.600. The van der Waals surface area contributed by atoms with E-state index in [4.69, 9.17) is 10.5 Å². The van der Waals surface area contributed by atoms with Crippen LogP contribution >= 0.6 is 0 Å². The number of ether oxygens (including phenoxy) is 1. The molecular weight excluding hydrogens is 224 g/mol. The van der Waals surface area contributed by atoms with E-state index in [0.29, 0.717) is 12.1 Å². The van der Waals surface area contributed by atoms with Crippen LogP contribution < -0.4 is 10.5 Å². The first-order valence-electron chi connectivity index (χ1n) is 6.86. The Balaban J connectivity index is 2.20. The van der Waals surface area contributed by atoms with E-state index in [2.05, 4.69) is 24.0 Å². The van der Waals surface area contributed by atoms with Gasteiger partial charge in [-0.1, -0.05) is 24.6 Å². The van der Waals surface area contributed by atoms with Gasteiger partial charge in [-0.25, -0.2) is 0 Å². The molecule has 3 nitrogen and oxygen atoms in total. The summed E-state index contributed by atoms with van der Waals surface area (Å²) in [5.74, 6) is 0.978. The summed E-state index contributed by atoms with van der Waals surface area (Å²) in [5, 5.41) is 0. The molecule has 0 saturated carbocycles. The third kappa shape index (κ3) is 2.68. The number of para-hydroxylation sites is 1. The number of benzene rings is 1. The molecule has 1 aliphatic heterocycles. The summed E-state index contributed by atoms with van der Waals surface area (Å²) in [6.45, 7) is 4.15. The average Bonchev–Trinajstić information content (AvgIpc) is 2.46. The number of hydrogen-bond donors (Lipinski definition) is 1.